The Kier molecular flexibility index (Phi) is 2.86. The number of aliphatic carboxylic acids is 1. The van der Waals surface area contributed by atoms with Gasteiger partial charge < -0.3 is 5.11 Å². The van der Waals surface area contributed by atoms with E-state index in [1.54, 1.807) is 18.2 Å². The van der Waals surface area contributed by atoms with Crippen molar-refractivity contribution in [2.45, 2.75) is 24.8 Å². The molecule has 1 aliphatic carbocycles. The van der Waals surface area contributed by atoms with E-state index in [4.69, 9.17) is 16.7 Å². The Morgan fingerprint density at radius 3 is 2.94 bits per heavy atom. The summed E-state index contributed by atoms with van der Waals surface area (Å²) in [6.45, 7) is 0. The van der Waals surface area contributed by atoms with Crippen LogP contribution in [-0.2, 0) is 17.6 Å². The van der Waals surface area contributed by atoms with Crippen molar-refractivity contribution in [3.05, 3.63) is 34.3 Å². The minimum Gasteiger partial charge on any atom is -0.480 e. The van der Waals surface area contributed by atoms with Gasteiger partial charge in [0.2, 0.25) is 0 Å². The zero-order chi connectivity index (χ0) is 11.8. The second kappa shape index (κ2) is 4.03. The monoisotopic (exact) mass is 243 g/mol. The fraction of sp³-hybridized carbons (Fsp3) is 0.364. The molecular weight excluding hydrogens is 233 g/mol. The molecule has 16 heavy (non-hydrogen) atoms. The number of hydrogen-bond donors (Lipinski definition) is 2. The number of carbonyl (C=O) groups is 1. The van der Waals surface area contributed by atoms with E-state index in [9.17, 15) is 9.28 Å². The van der Waals surface area contributed by atoms with Crippen molar-refractivity contribution in [3.8, 4) is 0 Å². The predicted molar refractivity (Wildman–Crippen MR) is 58.1 cm³/mol. The van der Waals surface area contributed by atoms with Gasteiger partial charge in [0.15, 0.2) is 0 Å². The highest BCUT2D eigenvalue weighted by Gasteiger charge is 2.42. The van der Waals surface area contributed by atoms with E-state index < -0.39 is 11.5 Å². The molecule has 3 nitrogen and oxygen atoms in total. The number of rotatable bonds is 2. The maximum absolute atomic E-state index is 12.7. The van der Waals surface area contributed by atoms with Crippen molar-refractivity contribution in [1.82, 2.24) is 5.54 Å². The summed E-state index contributed by atoms with van der Waals surface area (Å²) in [5, 5.41) is 9.67. The lowest BCUT2D eigenvalue weighted by Crippen LogP contribution is -2.52. The van der Waals surface area contributed by atoms with Crippen LogP contribution in [0.2, 0.25) is 5.02 Å². The Bertz CT molecular complexity index is 438. The summed E-state index contributed by atoms with van der Waals surface area (Å²) in [6, 6.07) is 5.30. The summed E-state index contributed by atoms with van der Waals surface area (Å²) in [5.41, 5.74) is 1.66. The van der Waals surface area contributed by atoms with Crippen LogP contribution in [0, 0.1) is 0 Å². The number of fused-ring (bicyclic) bond motifs is 1. The molecule has 1 atom stereocenters. The molecule has 5 heteroatoms. The molecule has 0 heterocycles. The molecule has 2 N–H and O–H groups in total. The molecule has 0 radical (unpaired) electrons. The smallest absolute Gasteiger partial charge is 0.326 e. The zero-order valence-corrected chi connectivity index (χ0v) is 9.22. The number of carboxylic acid groups (broad SMARTS) is 1. The van der Waals surface area contributed by atoms with Gasteiger partial charge in [-0.2, -0.15) is 0 Å². The fourth-order valence-electron chi connectivity index (χ4n) is 2.10. The van der Waals surface area contributed by atoms with Gasteiger partial charge in [0.1, 0.15) is 5.54 Å². The first-order chi connectivity index (χ1) is 7.59. The van der Waals surface area contributed by atoms with Crippen LogP contribution in [0.25, 0.3) is 0 Å². The Morgan fingerprint density at radius 2 is 2.31 bits per heavy atom. The Labute approximate surface area is 97.2 Å². The standard InChI is InChI=1S/C11H11ClFNO2/c12-9-3-1-2-7-6-11(14-13,10(15)16)5-4-8(7)9/h1-3,14H,4-6H2,(H,15,16). The third kappa shape index (κ3) is 1.68. The van der Waals surface area contributed by atoms with Gasteiger partial charge >= 0.3 is 5.97 Å². The molecule has 0 saturated carbocycles. The van der Waals surface area contributed by atoms with Gasteiger partial charge in [-0.15, -0.1) is 10.0 Å². The lowest BCUT2D eigenvalue weighted by atomic mass is 9.78. The van der Waals surface area contributed by atoms with Crippen molar-refractivity contribution in [2.24, 2.45) is 0 Å². The van der Waals surface area contributed by atoms with E-state index in [-0.39, 0.29) is 12.8 Å². The van der Waals surface area contributed by atoms with E-state index in [0.717, 1.165) is 11.1 Å². The van der Waals surface area contributed by atoms with Gasteiger partial charge in [0, 0.05) is 11.4 Å². The topological polar surface area (TPSA) is 49.3 Å². The minimum atomic E-state index is -1.50. The summed E-state index contributed by atoms with van der Waals surface area (Å²) in [5.74, 6) is -1.17. The van der Waals surface area contributed by atoms with E-state index in [2.05, 4.69) is 0 Å². The van der Waals surface area contributed by atoms with E-state index in [1.807, 2.05) is 0 Å². The van der Waals surface area contributed by atoms with E-state index >= 15 is 0 Å². The van der Waals surface area contributed by atoms with Crippen molar-refractivity contribution in [3.63, 3.8) is 0 Å². The quantitative estimate of drug-likeness (QED) is 0.783. The van der Waals surface area contributed by atoms with Crippen LogP contribution in [-0.4, -0.2) is 16.6 Å². The largest absolute Gasteiger partial charge is 0.480 e. The number of nitrogens with one attached hydrogen (secondary N) is 1. The number of halogens is 2. The highest BCUT2D eigenvalue weighted by molar-refractivity contribution is 6.31. The molecule has 0 aliphatic heterocycles. The van der Waals surface area contributed by atoms with Crippen LogP contribution in [0.3, 0.4) is 0 Å². The van der Waals surface area contributed by atoms with Crippen molar-refractivity contribution < 1.29 is 14.4 Å². The first-order valence-corrected chi connectivity index (χ1v) is 5.34. The van der Waals surface area contributed by atoms with Gasteiger partial charge in [0.05, 0.1) is 0 Å². The molecule has 2 rings (SSSR count). The second-order valence-electron chi connectivity index (χ2n) is 4.04. The van der Waals surface area contributed by atoms with Crippen LogP contribution < -0.4 is 5.54 Å². The predicted octanol–water partition coefficient (Wildman–Crippen LogP) is 2.13. The molecule has 0 bridgehead atoms. The first-order valence-electron chi connectivity index (χ1n) is 4.96. The molecular formula is C11H11ClFNO2. The Morgan fingerprint density at radius 1 is 1.56 bits per heavy atom. The van der Waals surface area contributed by atoms with Crippen LogP contribution in [0.1, 0.15) is 17.5 Å². The first kappa shape index (κ1) is 11.4. The number of hydrogen-bond acceptors (Lipinski definition) is 2. The lowest BCUT2D eigenvalue weighted by molar-refractivity contribution is -0.148. The van der Waals surface area contributed by atoms with Gasteiger partial charge in [-0.25, -0.2) is 0 Å². The molecule has 1 unspecified atom stereocenters. The van der Waals surface area contributed by atoms with E-state index in [1.165, 1.54) is 5.54 Å². The maximum atomic E-state index is 12.7. The number of benzene rings is 1. The molecule has 0 saturated heterocycles. The van der Waals surface area contributed by atoms with Crippen molar-refractivity contribution >= 4 is 17.6 Å². The Hall–Kier alpha value is -1.13. The Balaban J connectivity index is 2.40. The molecule has 86 valence electrons. The van der Waals surface area contributed by atoms with Crippen LogP contribution in [0.5, 0.6) is 0 Å². The molecule has 0 amide bonds. The van der Waals surface area contributed by atoms with Crippen LogP contribution >= 0.6 is 11.6 Å². The molecule has 0 aromatic heterocycles. The summed E-state index contributed by atoms with van der Waals surface area (Å²) < 4.78 is 12.7. The molecule has 1 aliphatic rings. The normalized spacial score (nSPS) is 23.9. The third-order valence-electron chi connectivity index (χ3n) is 3.10. The molecule has 0 spiro atoms. The van der Waals surface area contributed by atoms with Crippen LogP contribution in [0.4, 0.5) is 4.48 Å². The zero-order valence-electron chi connectivity index (χ0n) is 8.46. The molecule has 1 aromatic rings. The molecule has 0 fully saturated rings. The van der Waals surface area contributed by atoms with E-state index in [0.29, 0.717) is 11.4 Å². The maximum Gasteiger partial charge on any atom is 0.326 e. The average Bonchev–Trinajstić information content (AvgIpc) is 2.28. The van der Waals surface area contributed by atoms with Crippen LogP contribution in [0.15, 0.2) is 18.2 Å². The second-order valence-corrected chi connectivity index (χ2v) is 4.44. The average molecular weight is 244 g/mol. The van der Waals surface area contributed by atoms with Gasteiger partial charge in [0.25, 0.3) is 0 Å². The fourth-order valence-corrected chi connectivity index (χ4v) is 2.39. The van der Waals surface area contributed by atoms with Crippen molar-refractivity contribution in [1.29, 1.82) is 0 Å². The summed E-state index contributed by atoms with van der Waals surface area (Å²) in [6.07, 6.45) is 0.794. The number of carboxylic acids is 1. The molecule has 1 aromatic carbocycles. The summed E-state index contributed by atoms with van der Waals surface area (Å²) in [7, 11) is 0. The van der Waals surface area contributed by atoms with Crippen molar-refractivity contribution in [2.75, 3.05) is 0 Å². The highest BCUT2D eigenvalue weighted by atomic mass is 35.5. The highest BCUT2D eigenvalue weighted by Crippen LogP contribution is 2.33. The van der Waals surface area contributed by atoms with Gasteiger partial charge in [-0.05, 0) is 30.0 Å². The van der Waals surface area contributed by atoms with Gasteiger partial charge in [-0.1, -0.05) is 23.7 Å². The lowest BCUT2D eigenvalue weighted by Gasteiger charge is -2.32. The van der Waals surface area contributed by atoms with Gasteiger partial charge in [-0.3, -0.25) is 4.79 Å². The summed E-state index contributed by atoms with van der Waals surface area (Å²) in [4.78, 5) is 11.1. The minimum absolute atomic E-state index is 0.120. The third-order valence-corrected chi connectivity index (χ3v) is 3.45. The summed E-state index contributed by atoms with van der Waals surface area (Å²) >= 11 is 6.00. The SMILES string of the molecule is O=C(O)C1(NF)CCc2c(Cl)cccc2C1.